The zero-order valence-electron chi connectivity index (χ0n) is 13.9. The number of ether oxygens (including phenoxy) is 1. The molecule has 3 rings (SSSR count). The summed E-state index contributed by atoms with van der Waals surface area (Å²) in [4.78, 5) is 11.3. The average Bonchev–Trinajstić information content (AvgIpc) is 2.64. The number of carbonyl (C=O) groups is 1. The van der Waals surface area contributed by atoms with Crippen molar-refractivity contribution in [2.75, 3.05) is 0 Å². The molecular formula is C21H20O3P+. The zero-order chi connectivity index (χ0) is 17.7. The van der Waals surface area contributed by atoms with Gasteiger partial charge in [0, 0.05) is 6.92 Å². The highest BCUT2D eigenvalue weighted by atomic mass is 31.2. The van der Waals surface area contributed by atoms with Crippen LogP contribution in [0.15, 0.2) is 91.0 Å². The van der Waals surface area contributed by atoms with Crippen molar-refractivity contribution in [3.05, 3.63) is 91.0 Å². The smallest absolute Gasteiger partial charge is 0.450 e. The second-order valence-corrected chi connectivity index (χ2v) is 9.43. The van der Waals surface area contributed by atoms with E-state index in [1.54, 1.807) is 0 Å². The number of rotatable bonds is 5. The van der Waals surface area contributed by atoms with Crippen LogP contribution >= 0.6 is 7.26 Å². The Morgan fingerprint density at radius 2 is 1.08 bits per heavy atom. The summed E-state index contributed by atoms with van der Waals surface area (Å²) in [6.07, 6.45) is -1.25. The molecule has 1 unspecified atom stereocenters. The summed E-state index contributed by atoms with van der Waals surface area (Å²) in [5.74, 6) is -0.503. The fourth-order valence-corrected chi connectivity index (χ4v) is 7.62. The Labute approximate surface area is 148 Å². The molecule has 0 aliphatic rings. The Hall–Kier alpha value is -2.64. The molecule has 0 radical (unpaired) electrons. The summed E-state index contributed by atoms with van der Waals surface area (Å²) >= 11 is 0. The molecule has 25 heavy (non-hydrogen) atoms. The molecule has 4 heteroatoms. The van der Waals surface area contributed by atoms with Crippen molar-refractivity contribution < 1.29 is 14.6 Å². The number of hydrogen-bond acceptors (Lipinski definition) is 2. The second-order valence-electron chi connectivity index (χ2n) is 5.71. The van der Waals surface area contributed by atoms with Crippen LogP contribution in [0.4, 0.5) is 4.79 Å². The Morgan fingerprint density at radius 1 is 0.760 bits per heavy atom. The highest BCUT2D eigenvalue weighted by molar-refractivity contribution is 7.96. The van der Waals surface area contributed by atoms with E-state index in [9.17, 15) is 9.90 Å². The van der Waals surface area contributed by atoms with E-state index in [0.29, 0.717) is 0 Å². The molecule has 126 valence electrons. The Morgan fingerprint density at radius 3 is 1.36 bits per heavy atom. The van der Waals surface area contributed by atoms with Gasteiger partial charge in [0.2, 0.25) is 5.85 Å². The van der Waals surface area contributed by atoms with Crippen molar-refractivity contribution in [1.82, 2.24) is 0 Å². The van der Waals surface area contributed by atoms with E-state index in [1.807, 2.05) is 61.5 Å². The third-order valence-corrected chi connectivity index (χ3v) is 8.84. The molecule has 0 spiro atoms. The molecular weight excluding hydrogens is 331 g/mol. The molecule has 0 fully saturated rings. The normalized spacial score (nSPS) is 12.4. The summed E-state index contributed by atoms with van der Waals surface area (Å²) in [5.41, 5.74) is 0. The van der Waals surface area contributed by atoms with Crippen LogP contribution in [-0.2, 0) is 4.74 Å². The van der Waals surface area contributed by atoms with Gasteiger partial charge in [-0.25, -0.2) is 4.79 Å². The van der Waals surface area contributed by atoms with Gasteiger partial charge in [-0.1, -0.05) is 54.6 Å². The van der Waals surface area contributed by atoms with Gasteiger partial charge in [-0.15, -0.1) is 0 Å². The lowest BCUT2D eigenvalue weighted by atomic mass is 10.4. The molecule has 1 N–H and O–H groups in total. The van der Waals surface area contributed by atoms with Crippen LogP contribution in [0.5, 0.6) is 0 Å². The van der Waals surface area contributed by atoms with Gasteiger partial charge < -0.3 is 9.84 Å². The van der Waals surface area contributed by atoms with Crippen molar-refractivity contribution in [2.24, 2.45) is 0 Å². The van der Waals surface area contributed by atoms with Crippen LogP contribution in [-0.4, -0.2) is 17.1 Å². The monoisotopic (exact) mass is 351 g/mol. The fourth-order valence-electron chi connectivity index (χ4n) is 3.29. The van der Waals surface area contributed by atoms with Crippen molar-refractivity contribution >= 4 is 29.3 Å². The topological polar surface area (TPSA) is 46.5 Å². The van der Waals surface area contributed by atoms with Gasteiger partial charge in [-0.2, -0.15) is 0 Å². The fraction of sp³-hybridized carbons (Fsp3) is 0.0952. The van der Waals surface area contributed by atoms with E-state index in [4.69, 9.17) is 4.74 Å². The molecule has 3 aromatic carbocycles. The Bertz CT molecular complexity index is 723. The van der Waals surface area contributed by atoms with Gasteiger partial charge in [0.15, 0.2) is 7.26 Å². The van der Waals surface area contributed by atoms with Crippen LogP contribution in [0, 0.1) is 0 Å². The van der Waals surface area contributed by atoms with E-state index in [1.165, 1.54) is 0 Å². The van der Waals surface area contributed by atoms with Gasteiger partial charge in [-0.3, -0.25) is 0 Å². The average molecular weight is 351 g/mol. The van der Waals surface area contributed by atoms with Gasteiger partial charge in [0.25, 0.3) is 0 Å². The van der Waals surface area contributed by atoms with Gasteiger partial charge >= 0.3 is 6.16 Å². The van der Waals surface area contributed by atoms with Crippen LogP contribution < -0.4 is 15.9 Å². The van der Waals surface area contributed by atoms with Crippen LogP contribution in [0.3, 0.4) is 0 Å². The maximum Gasteiger partial charge on any atom is 0.508 e. The highest BCUT2D eigenvalue weighted by Crippen LogP contribution is 2.59. The molecule has 0 amide bonds. The van der Waals surface area contributed by atoms with Crippen molar-refractivity contribution in [3.63, 3.8) is 0 Å². The lowest BCUT2D eigenvalue weighted by Crippen LogP contribution is -2.39. The van der Waals surface area contributed by atoms with Gasteiger partial charge in [-0.05, 0) is 36.4 Å². The number of hydrogen-bond donors (Lipinski definition) is 1. The largest absolute Gasteiger partial charge is 0.508 e. The SMILES string of the molecule is CC(OC(=O)O)[P+](c1ccccc1)(c1ccccc1)c1ccccc1. The minimum absolute atomic E-state index is 0.503. The third kappa shape index (κ3) is 3.29. The second kappa shape index (κ2) is 7.50. The first-order valence-corrected chi connectivity index (χ1v) is 9.96. The standard InChI is InChI=1S/C21H19O3P/c1-17(24-21(22)23)25(18-11-5-2-6-12-18,19-13-7-3-8-14-19)20-15-9-4-10-16-20/h2-17H,1H3/p+1. The lowest BCUT2D eigenvalue weighted by molar-refractivity contribution is 0.0854. The molecule has 1 atom stereocenters. The van der Waals surface area contributed by atoms with Crippen LogP contribution in [0.25, 0.3) is 0 Å². The van der Waals surface area contributed by atoms with E-state index in [2.05, 4.69) is 36.4 Å². The maximum atomic E-state index is 11.3. The number of benzene rings is 3. The van der Waals surface area contributed by atoms with Crippen molar-refractivity contribution in [1.29, 1.82) is 0 Å². The predicted octanol–water partition coefficient (Wildman–Crippen LogP) is 4.02. The molecule has 0 bridgehead atoms. The van der Waals surface area contributed by atoms with Crippen LogP contribution in [0.1, 0.15) is 6.92 Å². The zero-order valence-corrected chi connectivity index (χ0v) is 14.8. The lowest BCUT2D eigenvalue weighted by Gasteiger charge is -2.31. The molecule has 0 aromatic heterocycles. The molecule has 0 heterocycles. The van der Waals surface area contributed by atoms with Crippen molar-refractivity contribution in [3.8, 4) is 0 Å². The summed E-state index contributed by atoms with van der Waals surface area (Å²) in [6.45, 7) is 1.86. The van der Waals surface area contributed by atoms with E-state index in [-0.39, 0.29) is 0 Å². The van der Waals surface area contributed by atoms with Crippen molar-refractivity contribution in [2.45, 2.75) is 12.8 Å². The van der Waals surface area contributed by atoms with E-state index < -0.39 is 19.3 Å². The first kappa shape index (κ1) is 17.2. The summed E-state index contributed by atoms with van der Waals surface area (Å²) < 4.78 is 5.34. The van der Waals surface area contributed by atoms with Gasteiger partial charge in [0.1, 0.15) is 15.9 Å². The molecule has 0 saturated carbocycles. The summed E-state index contributed by atoms with van der Waals surface area (Å²) in [7, 11) is -2.30. The van der Waals surface area contributed by atoms with Gasteiger partial charge in [0.05, 0.1) is 0 Å². The molecule has 0 aliphatic carbocycles. The minimum atomic E-state index is -2.30. The highest BCUT2D eigenvalue weighted by Gasteiger charge is 2.52. The molecule has 3 aromatic rings. The van der Waals surface area contributed by atoms with E-state index in [0.717, 1.165) is 15.9 Å². The summed E-state index contributed by atoms with van der Waals surface area (Å²) in [6, 6.07) is 30.2. The quantitative estimate of drug-likeness (QED) is 0.558. The molecule has 0 saturated heterocycles. The maximum absolute atomic E-state index is 11.3. The summed E-state index contributed by atoms with van der Waals surface area (Å²) in [5, 5.41) is 12.6. The minimum Gasteiger partial charge on any atom is -0.450 e. The molecule has 3 nitrogen and oxygen atoms in total. The molecule has 0 aliphatic heterocycles. The van der Waals surface area contributed by atoms with Crippen LogP contribution in [0.2, 0.25) is 0 Å². The predicted molar refractivity (Wildman–Crippen MR) is 104 cm³/mol. The first-order valence-electron chi connectivity index (χ1n) is 8.11. The number of carboxylic acid groups (broad SMARTS) is 1. The third-order valence-electron chi connectivity index (χ3n) is 4.31. The van der Waals surface area contributed by atoms with E-state index >= 15 is 0 Å². The first-order chi connectivity index (χ1) is 12.2. The Kier molecular flexibility index (Phi) is 5.16. The Balaban J connectivity index is 2.33.